The lowest BCUT2D eigenvalue weighted by atomic mass is 9.93. The molecule has 0 spiro atoms. The van der Waals surface area contributed by atoms with Gasteiger partial charge in [-0.2, -0.15) is 0 Å². The number of furan rings is 1. The van der Waals surface area contributed by atoms with E-state index in [0.29, 0.717) is 23.7 Å². The Bertz CT molecular complexity index is 831. The number of rotatable bonds is 6. The van der Waals surface area contributed by atoms with Gasteiger partial charge in [0.05, 0.1) is 12.2 Å². The summed E-state index contributed by atoms with van der Waals surface area (Å²) in [7, 11) is 0. The van der Waals surface area contributed by atoms with Crippen LogP contribution in [-0.2, 0) is 17.8 Å². The molecule has 1 unspecified atom stereocenters. The van der Waals surface area contributed by atoms with Crippen molar-refractivity contribution < 1.29 is 13.6 Å². The molecule has 0 radical (unpaired) electrons. The molecule has 0 fully saturated rings. The van der Waals surface area contributed by atoms with Crippen LogP contribution < -0.4 is 5.32 Å². The molecular weight excluding hydrogens is 341 g/mol. The van der Waals surface area contributed by atoms with Gasteiger partial charge in [-0.3, -0.25) is 4.79 Å². The monoisotopic (exact) mass is 357 g/mol. The van der Waals surface area contributed by atoms with Gasteiger partial charge >= 0.3 is 0 Å². The molecule has 0 aliphatic carbocycles. The highest BCUT2D eigenvalue weighted by Gasteiger charge is 2.22. The highest BCUT2D eigenvalue weighted by atomic mass is 35.5. The number of amides is 1. The predicted molar refractivity (Wildman–Crippen MR) is 94.9 cm³/mol. The molecule has 0 saturated carbocycles. The van der Waals surface area contributed by atoms with Gasteiger partial charge in [0, 0.05) is 18.0 Å². The third-order valence-corrected chi connectivity index (χ3v) is 4.35. The maximum atomic E-state index is 13.2. The molecule has 3 rings (SSSR count). The summed E-state index contributed by atoms with van der Waals surface area (Å²) in [6.45, 7) is 0.328. The predicted octanol–water partition coefficient (Wildman–Crippen LogP) is 4.71. The fourth-order valence-electron chi connectivity index (χ4n) is 2.63. The first kappa shape index (κ1) is 17.2. The van der Waals surface area contributed by atoms with Crippen LogP contribution in [0.5, 0.6) is 0 Å². The quantitative estimate of drug-likeness (QED) is 0.694. The Labute approximate surface area is 150 Å². The van der Waals surface area contributed by atoms with Crippen molar-refractivity contribution in [3.63, 3.8) is 0 Å². The van der Waals surface area contributed by atoms with Crippen LogP contribution in [0.3, 0.4) is 0 Å². The van der Waals surface area contributed by atoms with Gasteiger partial charge in [-0.15, -0.1) is 0 Å². The molecule has 128 valence electrons. The Morgan fingerprint density at radius 3 is 2.52 bits per heavy atom. The number of hydrogen-bond donors (Lipinski definition) is 1. The Morgan fingerprint density at radius 1 is 1.08 bits per heavy atom. The van der Waals surface area contributed by atoms with E-state index in [9.17, 15) is 9.18 Å². The van der Waals surface area contributed by atoms with Crippen LogP contribution in [0.4, 0.5) is 4.39 Å². The highest BCUT2D eigenvalue weighted by Crippen LogP contribution is 2.23. The standard InChI is InChI=1S/C20H17ClFNO2/c21-19-6-2-1-4-15(19)13-23-20(24)18(12-17-5-3-11-25-17)14-7-9-16(22)10-8-14/h1-11,18H,12-13H2,(H,23,24). The van der Waals surface area contributed by atoms with Gasteiger partial charge in [-0.1, -0.05) is 41.9 Å². The fourth-order valence-corrected chi connectivity index (χ4v) is 2.84. The van der Waals surface area contributed by atoms with Crippen molar-refractivity contribution in [2.24, 2.45) is 0 Å². The molecule has 0 aliphatic heterocycles. The topological polar surface area (TPSA) is 42.2 Å². The minimum Gasteiger partial charge on any atom is -0.469 e. The van der Waals surface area contributed by atoms with Crippen LogP contribution in [0.15, 0.2) is 71.3 Å². The van der Waals surface area contributed by atoms with E-state index in [1.54, 1.807) is 30.5 Å². The van der Waals surface area contributed by atoms with Gasteiger partial charge in [0.25, 0.3) is 0 Å². The van der Waals surface area contributed by atoms with E-state index in [1.165, 1.54) is 12.1 Å². The molecule has 0 aliphatic rings. The summed E-state index contributed by atoms with van der Waals surface area (Å²) in [5, 5.41) is 3.51. The van der Waals surface area contributed by atoms with Crippen LogP contribution >= 0.6 is 11.6 Å². The fraction of sp³-hybridized carbons (Fsp3) is 0.150. The van der Waals surface area contributed by atoms with Gasteiger partial charge in [0.15, 0.2) is 0 Å². The van der Waals surface area contributed by atoms with Crippen LogP contribution in [0, 0.1) is 5.82 Å². The SMILES string of the molecule is O=C(NCc1ccccc1Cl)C(Cc1ccco1)c1ccc(F)cc1. The Morgan fingerprint density at radius 2 is 1.84 bits per heavy atom. The van der Waals surface area contributed by atoms with E-state index in [1.807, 2.05) is 24.3 Å². The molecule has 1 aromatic heterocycles. The minimum absolute atomic E-state index is 0.164. The zero-order chi connectivity index (χ0) is 17.6. The summed E-state index contributed by atoms with van der Waals surface area (Å²) < 4.78 is 18.6. The first-order chi connectivity index (χ1) is 12.1. The second-order valence-corrected chi connectivity index (χ2v) is 6.10. The van der Waals surface area contributed by atoms with Gasteiger partial charge in [-0.05, 0) is 41.5 Å². The summed E-state index contributed by atoms with van der Waals surface area (Å²) in [5.41, 5.74) is 1.57. The number of nitrogens with one attached hydrogen (secondary N) is 1. The van der Waals surface area contributed by atoms with Crippen molar-refractivity contribution in [2.45, 2.75) is 18.9 Å². The molecule has 1 heterocycles. The highest BCUT2D eigenvalue weighted by molar-refractivity contribution is 6.31. The first-order valence-electron chi connectivity index (χ1n) is 7.92. The van der Waals surface area contributed by atoms with Crippen molar-refractivity contribution >= 4 is 17.5 Å². The maximum Gasteiger partial charge on any atom is 0.228 e. The number of halogens is 2. The number of carbonyl (C=O) groups excluding carboxylic acids is 1. The third kappa shape index (κ3) is 4.48. The van der Waals surface area contributed by atoms with Gasteiger partial charge in [-0.25, -0.2) is 4.39 Å². The number of benzene rings is 2. The molecule has 1 amide bonds. The van der Waals surface area contributed by atoms with Crippen LogP contribution in [0.25, 0.3) is 0 Å². The van der Waals surface area contributed by atoms with E-state index in [2.05, 4.69) is 5.32 Å². The third-order valence-electron chi connectivity index (χ3n) is 3.99. The van der Waals surface area contributed by atoms with E-state index >= 15 is 0 Å². The van der Waals surface area contributed by atoms with Crippen LogP contribution in [-0.4, -0.2) is 5.91 Å². The van der Waals surface area contributed by atoms with Gasteiger partial charge in [0.1, 0.15) is 11.6 Å². The van der Waals surface area contributed by atoms with Crippen molar-refractivity contribution in [3.05, 3.63) is 94.7 Å². The molecule has 0 saturated heterocycles. The summed E-state index contributed by atoms with van der Waals surface area (Å²) in [6, 6.07) is 16.9. The number of carbonyl (C=O) groups is 1. The molecule has 2 aromatic carbocycles. The van der Waals surface area contributed by atoms with Gasteiger partial charge < -0.3 is 9.73 Å². The molecule has 1 N–H and O–H groups in total. The Hall–Kier alpha value is -2.59. The zero-order valence-corrected chi connectivity index (χ0v) is 14.2. The van der Waals surface area contributed by atoms with Crippen molar-refractivity contribution in [3.8, 4) is 0 Å². The van der Waals surface area contributed by atoms with Gasteiger partial charge in [0.2, 0.25) is 5.91 Å². The zero-order valence-electron chi connectivity index (χ0n) is 13.4. The molecular formula is C20H17ClFNO2. The van der Waals surface area contributed by atoms with Crippen molar-refractivity contribution in [1.82, 2.24) is 5.32 Å². The summed E-state index contributed by atoms with van der Waals surface area (Å²) in [4.78, 5) is 12.7. The largest absolute Gasteiger partial charge is 0.469 e. The molecule has 1 atom stereocenters. The lowest BCUT2D eigenvalue weighted by molar-refractivity contribution is -0.122. The molecule has 3 aromatic rings. The Balaban J connectivity index is 1.77. The van der Waals surface area contributed by atoms with E-state index in [0.717, 1.165) is 11.1 Å². The summed E-state index contributed by atoms with van der Waals surface area (Å²) in [6.07, 6.45) is 1.96. The van der Waals surface area contributed by atoms with E-state index in [-0.39, 0.29) is 11.7 Å². The minimum atomic E-state index is -0.478. The number of hydrogen-bond acceptors (Lipinski definition) is 2. The normalized spacial score (nSPS) is 11.9. The average molecular weight is 358 g/mol. The molecule has 3 nitrogen and oxygen atoms in total. The van der Waals surface area contributed by atoms with E-state index in [4.69, 9.17) is 16.0 Å². The lowest BCUT2D eigenvalue weighted by Gasteiger charge is -2.17. The lowest BCUT2D eigenvalue weighted by Crippen LogP contribution is -2.30. The van der Waals surface area contributed by atoms with Crippen molar-refractivity contribution in [2.75, 3.05) is 0 Å². The molecule has 0 bridgehead atoms. The molecule has 5 heteroatoms. The molecule has 25 heavy (non-hydrogen) atoms. The second kappa shape index (κ2) is 7.99. The maximum absolute atomic E-state index is 13.2. The Kier molecular flexibility index (Phi) is 5.51. The first-order valence-corrected chi connectivity index (χ1v) is 8.30. The van der Waals surface area contributed by atoms with Crippen LogP contribution in [0.1, 0.15) is 22.8 Å². The average Bonchev–Trinajstić information content (AvgIpc) is 3.13. The smallest absolute Gasteiger partial charge is 0.228 e. The summed E-state index contributed by atoms with van der Waals surface area (Å²) in [5.74, 6) is -0.281. The van der Waals surface area contributed by atoms with Crippen molar-refractivity contribution in [1.29, 1.82) is 0 Å². The summed E-state index contributed by atoms with van der Waals surface area (Å²) >= 11 is 6.13. The van der Waals surface area contributed by atoms with Crippen LogP contribution in [0.2, 0.25) is 5.02 Å². The second-order valence-electron chi connectivity index (χ2n) is 5.70. The van der Waals surface area contributed by atoms with E-state index < -0.39 is 5.92 Å².